The molecule has 1 saturated heterocycles. The molecule has 0 spiro atoms. The number of carbonyl (C=O) groups excluding carboxylic acids is 1. The zero-order valence-corrected chi connectivity index (χ0v) is 22.2. The SMILES string of the molecule is Cc1cccc(CN2CC=C(c3noc(CCC(=O)N4CCN(c5cccc(C)c5C)CC4)n3)CC2)c1. The quantitative estimate of drug-likeness (QED) is 0.475. The van der Waals surface area contributed by atoms with Crippen molar-refractivity contribution in [2.24, 2.45) is 0 Å². The molecule has 0 atom stereocenters. The summed E-state index contributed by atoms with van der Waals surface area (Å²) in [5.41, 5.74) is 7.67. The van der Waals surface area contributed by atoms with Crippen LogP contribution in [0.25, 0.3) is 5.57 Å². The van der Waals surface area contributed by atoms with E-state index in [1.54, 1.807) is 0 Å². The molecule has 0 radical (unpaired) electrons. The van der Waals surface area contributed by atoms with E-state index < -0.39 is 0 Å². The number of aromatic nitrogens is 2. The fourth-order valence-electron chi connectivity index (χ4n) is 5.26. The molecule has 1 aromatic heterocycles. The number of hydrogen-bond donors (Lipinski definition) is 0. The third-order valence-corrected chi connectivity index (χ3v) is 7.64. The molecule has 1 amide bonds. The van der Waals surface area contributed by atoms with Gasteiger partial charge in [-0.2, -0.15) is 4.98 Å². The van der Waals surface area contributed by atoms with Crippen LogP contribution in [0.3, 0.4) is 0 Å². The summed E-state index contributed by atoms with van der Waals surface area (Å²) in [5.74, 6) is 1.37. The summed E-state index contributed by atoms with van der Waals surface area (Å²) >= 11 is 0. The maximum atomic E-state index is 12.9. The van der Waals surface area contributed by atoms with Crippen molar-refractivity contribution in [2.45, 2.75) is 46.6 Å². The average molecular weight is 500 g/mol. The first-order valence-electron chi connectivity index (χ1n) is 13.3. The lowest BCUT2D eigenvalue weighted by molar-refractivity contribution is -0.131. The van der Waals surface area contributed by atoms with Crippen molar-refractivity contribution in [2.75, 3.05) is 44.2 Å². The molecule has 2 aromatic carbocycles. The summed E-state index contributed by atoms with van der Waals surface area (Å²) in [6.45, 7) is 12.4. The van der Waals surface area contributed by atoms with Crippen LogP contribution in [0, 0.1) is 20.8 Å². The molecule has 5 rings (SSSR count). The highest BCUT2D eigenvalue weighted by Crippen LogP contribution is 2.25. The van der Waals surface area contributed by atoms with Crippen molar-refractivity contribution in [3.63, 3.8) is 0 Å². The molecule has 7 nitrogen and oxygen atoms in total. The molecule has 0 N–H and O–H groups in total. The predicted molar refractivity (Wildman–Crippen MR) is 146 cm³/mol. The van der Waals surface area contributed by atoms with Gasteiger partial charge in [-0.25, -0.2) is 0 Å². The minimum absolute atomic E-state index is 0.157. The van der Waals surface area contributed by atoms with Gasteiger partial charge in [-0.15, -0.1) is 0 Å². The summed E-state index contributed by atoms with van der Waals surface area (Å²) in [7, 11) is 0. The molecule has 7 heteroatoms. The number of benzene rings is 2. The molecule has 194 valence electrons. The zero-order valence-electron chi connectivity index (χ0n) is 22.2. The predicted octanol–water partition coefficient (Wildman–Crippen LogP) is 4.57. The van der Waals surface area contributed by atoms with E-state index in [1.165, 1.54) is 27.9 Å². The fraction of sp³-hybridized carbons (Fsp3) is 0.433. The third kappa shape index (κ3) is 6.10. The fourth-order valence-corrected chi connectivity index (χ4v) is 5.26. The highest BCUT2D eigenvalue weighted by atomic mass is 16.5. The molecule has 3 heterocycles. The highest BCUT2D eigenvalue weighted by Gasteiger charge is 2.23. The van der Waals surface area contributed by atoms with E-state index in [2.05, 4.69) is 89.3 Å². The van der Waals surface area contributed by atoms with Gasteiger partial charge in [0.25, 0.3) is 0 Å². The minimum Gasteiger partial charge on any atom is -0.368 e. The number of anilines is 1. The Morgan fingerprint density at radius 3 is 2.57 bits per heavy atom. The highest BCUT2D eigenvalue weighted by molar-refractivity contribution is 5.76. The standard InChI is InChI=1S/C30H37N5O2/c1-22-6-4-8-25(20-22)21-33-14-12-26(13-15-33)30-31-28(37-32-30)10-11-29(36)35-18-16-34(17-19-35)27-9-5-7-23(2)24(27)3/h4-9,12,20H,10-11,13-19,21H2,1-3H3. The average Bonchev–Trinajstić information content (AvgIpc) is 3.39. The van der Waals surface area contributed by atoms with Gasteiger partial charge >= 0.3 is 0 Å². The molecule has 2 aliphatic rings. The van der Waals surface area contributed by atoms with Crippen molar-refractivity contribution in [1.82, 2.24) is 19.9 Å². The summed E-state index contributed by atoms with van der Waals surface area (Å²) in [6, 6.07) is 15.1. The van der Waals surface area contributed by atoms with Gasteiger partial charge in [-0.1, -0.05) is 53.2 Å². The molecule has 0 unspecified atom stereocenters. The largest absolute Gasteiger partial charge is 0.368 e. The smallest absolute Gasteiger partial charge is 0.227 e. The summed E-state index contributed by atoms with van der Waals surface area (Å²) < 4.78 is 5.50. The summed E-state index contributed by atoms with van der Waals surface area (Å²) in [4.78, 5) is 24.2. The Hall–Kier alpha value is -3.45. The normalized spacial score (nSPS) is 16.7. The van der Waals surface area contributed by atoms with E-state index >= 15 is 0 Å². The van der Waals surface area contributed by atoms with Crippen molar-refractivity contribution < 1.29 is 9.32 Å². The number of carbonyl (C=O) groups is 1. The molecule has 0 bridgehead atoms. The van der Waals surface area contributed by atoms with Crippen LogP contribution in [0.2, 0.25) is 0 Å². The Morgan fingerprint density at radius 2 is 1.81 bits per heavy atom. The summed E-state index contributed by atoms with van der Waals surface area (Å²) in [6.07, 6.45) is 3.98. The van der Waals surface area contributed by atoms with E-state index in [-0.39, 0.29) is 5.91 Å². The van der Waals surface area contributed by atoms with Crippen LogP contribution in [-0.2, 0) is 17.8 Å². The second kappa shape index (κ2) is 11.3. The van der Waals surface area contributed by atoms with Crippen LogP contribution < -0.4 is 4.90 Å². The molecule has 2 aliphatic heterocycles. The lowest BCUT2D eigenvalue weighted by Gasteiger charge is -2.37. The molecule has 0 saturated carbocycles. The Morgan fingerprint density at radius 1 is 1.00 bits per heavy atom. The maximum Gasteiger partial charge on any atom is 0.227 e. The first-order valence-corrected chi connectivity index (χ1v) is 13.3. The van der Waals surface area contributed by atoms with Crippen molar-refractivity contribution in [3.05, 3.63) is 82.5 Å². The molecule has 3 aromatic rings. The van der Waals surface area contributed by atoms with Crippen LogP contribution in [0.4, 0.5) is 5.69 Å². The number of nitrogens with zero attached hydrogens (tertiary/aromatic N) is 5. The number of amides is 1. The number of piperazine rings is 1. The van der Waals surface area contributed by atoms with Gasteiger partial charge in [0.2, 0.25) is 11.8 Å². The van der Waals surface area contributed by atoms with Gasteiger partial charge in [0.1, 0.15) is 0 Å². The van der Waals surface area contributed by atoms with Gasteiger partial charge in [0, 0.05) is 64.3 Å². The van der Waals surface area contributed by atoms with Crippen molar-refractivity contribution in [1.29, 1.82) is 0 Å². The molecular formula is C30H37N5O2. The first kappa shape index (κ1) is 25.2. The molecule has 1 fully saturated rings. The van der Waals surface area contributed by atoms with E-state index in [9.17, 15) is 4.79 Å². The summed E-state index contributed by atoms with van der Waals surface area (Å²) in [5, 5.41) is 4.21. The Bertz CT molecular complexity index is 1270. The van der Waals surface area contributed by atoms with Crippen LogP contribution in [0.1, 0.15) is 46.8 Å². The minimum atomic E-state index is 0.157. The van der Waals surface area contributed by atoms with Gasteiger partial charge in [0.15, 0.2) is 5.82 Å². The lowest BCUT2D eigenvalue weighted by atomic mass is 10.1. The van der Waals surface area contributed by atoms with E-state index in [1.807, 2.05) is 4.90 Å². The van der Waals surface area contributed by atoms with E-state index in [0.717, 1.165) is 57.8 Å². The van der Waals surface area contributed by atoms with Crippen LogP contribution >= 0.6 is 0 Å². The second-order valence-electron chi connectivity index (χ2n) is 10.3. The van der Waals surface area contributed by atoms with Crippen LogP contribution in [0.15, 0.2) is 53.1 Å². The number of rotatable bonds is 7. The number of aryl methyl sites for hydroxylation is 3. The maximum absolute atomic E-state index is 12.9. The van der Waals surface area contributed by atoms with Gasteiger partial charge < -0.3 is 14.3 Å². The van der Waals surface area contributed by atoms with Crippen molar-refractivity contribution in [3.8, 4) is 0 Å². The van der Waals surface area contributed by atoms with Gasteiger partial charge in [-0.3, -0.25) is 9.69 Å². The monoisotopic (exact) mass is 499 g/mol. The molecular weight excluding hydrogens is 462 g/mol. The van der Waals surface area contributed by atoms with Crippen molar-refractivity contribution >= 4 is 17.2 Å². The molecule has 37 heavy (non-hydrogen) atoms. The number of hydrogen-bond acceptors (Lipinski definition) is 6. The molecule has 0 aliphatic carbocycles. The Kier molecular flexibility index (Phi) is 7.70. The second-order valence-corrected chi connectivity index (χ2v) is 10.3. The zero-order chi connectivity index (χ0) is 25.8. The first-order chi connectivity index (χ1) is 18.0. The Balaban J connectivity index is 1.08. The van der Waals surface area contributed by atoms with Crippen LogP contribution in [-0.4, -0.2) is 65.1 Å². The van der Waals surface area contributed by atoms with Crippen LogP contribution in [0.5, 0.6) is 0 Å². The topological polar surface area (TPSA) is 65.7 Å². The van der Waals surface area contributed by atoms with E-state index in [4.69, 9.17) is 4.52 Å². The van der Waals surface area contributed by atoms with Gasteiger partial charge in [0.05, 0.1) is 0 Å². The lowest BCUT2D eigenvalue weighted by Crippen LogP contribution is -2.49. The Labute approximate surface area is 219 Å². The van der Waals surface area contributed by atoms with Gasteiger partial charge in [-0.05, 0) is 55.5 Å². The third-order valence-electron chi connectivity index (χ3n) is 7.64. The van der Waals surface area contributed by atoms with E-state index in [0.29, 0.717) is 24.6 Å².